The van der Waals surface area contributed by atoms with Crippen LogP contribution in [0, 0.1) is 0 Å². The van der Waals surface area contributed by atoms with Gasteiger partial charge in [0.05, 0.1) is 13.2 Å². The van der Waals surface area contributed by atoms with Gasteiger partial charge in [-0.15, -0.1) is 0 Å². The molecular formula is C23H36O9. The number of aliphatic hydroxyl groups is 3. The molecule has 1 aliphatic rings. The van der Waals surface area contributed by atoms with Crippen LogP contribution in [-0.2, 0) is 28.5 Å². The van der Waals surface area contributed by atoms with Crippen molar-refractivity contribution in [1.82, 2.24) is 0 Å². The second-order valence-corrected chi connectivity index (χ2v) is 7.79. The van der Waals surface area contributed by atoms with Gasteiger partial charge in [-0.2, -0.15) is 0 Å². The first kappa shape index (κ1) is 28.0. The van der Waals surface area contributed by atoms with Gasteiger partial charge in [-0.25, -0.2) is 4.79 Å². The van der Waals surface area contributed by atoms with E-state index in [0.717, 1.165) is 17.6 Å². The summed E-state index contributed by atoms with van der Waals surface area (Å²) in [5, 5.41) is 30.2. The highest BCUT2D eigenvalue weighted by atomic mass is 16.7. The topological polar surface area (TPSA) is 132 Å². The number of carbonyl (C=O) groups excluding carboxylic acids is 2. The van der Waals surface area contributed by atoms with E-state index in [1.54, 1.807) is 19.9 Å². The van der Waals surface area contributed by atoms with Crippen LogP contribution in [0.2, 0.25) is 0 Å². The van der Waals surface area contributed by atoms with Crippen molar-refractivity contribution in [2.45, 2.75) is 77.7 Å². The van der Waals surface area contributed by atoms with Crippen LogP contribution in [0.15, 0.2) is 35.5 Å². The molecule has 9 nitrogen and oxygen atoms in total. The van der Waals surface area contributed by atoms with Gasteiger partial charge in [0.25, 0.3) is 0 Å². The second kappa shape index (κ2) is 14.2. The van der Waals surface area contributed by atoms with Gasteiger partial charge in [0.15, 0.2) is 12.4 Å². The molecule has 0 radical (unpaired) electrons. The number of allylic oxidation sites excluding steroid dienone is 2. The van der Waals surface area contributed by atoms with Gasteiger partial charge in [0.1, 0.15) is 24.9 Å². The molecule has 1 heterocycles. The first-order valence-electron chi connectivity index (χ1n) is 10.6. The summed E-state index contributed by atoms with van der Waals surface area (Å²) in [7, 11) is 0. The van der Waals surface area contributed by atoms with Gasteiger partial charge in [0, 0.05) is 12.5 Å². The Morgan fingerprint density at radius 2 is 1.81 bits per heavy atom. The fourth-order valence-electron chi connectivity index (χ4n) is 2.88. The van der Waals surface area contributed by atoms with Gasteiger partial charge in [0.2, 0.25) is 0 Å². The van der Waals surface area contributed by atoms with E-state index < -0.39 is 42.6 Å². The first-order chi connectivity index (χ1) is 15.1. The first-order valence-corrected chi connectivity index (χ1v) is 10.6. The summed E-state index contributed by atoms with van der Waals surface area (Å²) in [6.07, 6.45) is -1.01. The Morgan fingerprint density at radius 3 is 2.41 bits per heavy atom. The Bertz CT molecular complexity index is 698. The van der Waals surface area contributed by atoms with Crippen LogP contribution in [-0.4, -0.2) is 77.8 Å². The van der Waals surface area contributed by atoms with Crippen molar-refractivity contribution in [3.05, 3.63) is 35.5 Å². The van der Waals surface area contributed by atoms with Crippen molar-refractivity contribution >= 4 is 11.9 Å². The highest BCUT2D eigenvalue weighted by Crippen LogP contribution is 2.26. The smallest absolute Gasteiger partial charge is 0.333 e. The zero-order chi connectivity index (χ0) is 24.3. The molecule has 0 saturated carbocycles. The summed E-state index contributed by atoms with van der Waals surface area (Å²) >= 11 is 0. The molecule has 9 heteroatoms. The highest BCUT2D eigenvalue weighted by Gasteiger charge is 2.47. The molecule has 0 bridgehead atoms. The van der Waals surface area contributed by atoms with Crippen molar-refractivity contribution < 1.29 is 43.9 Å². The maximum atomic E-state index is 12.2. The number of hydrogen-bond acceptors (Lipinski definition) is 9. The Morgan fingerprint density at radius 1 is 1.12 bits per heavy atom. The molecule has 0 aromatic rings. The van der Waals surface area contributed by atoms with Crippen molar-refractivity contribution in [1.29, 1.82) is 0 Å². The molecule has 0 aromatic heterocycles. The second-order valence-electron chi connectivity index (χ2n) is 7.79. The predicted molar refractivity (Wildman–Crippen MR) is 116 cm³/mol. The molecule has 1 saturated heterocycles. The maximum Gasteiger partial charge on any atom is 0.333 e. The van der Waals surface area contributed by atoms with Crippen LogP contribution in [0.3, 0.4) is 0 Å². The van der Waals surface area contributed by atoms with E-state index in [-0.39, 0.29) is 19.8 Å². The van der Waals surface area contributed by atoms with Crippen molar-refractivity contribution in [2.75, 3.05) is 19.8 Å². The summed E-state index contributed by atoms with van der Waals surface area (Å²) in [6, 6.07) is 0. The standard InChI is InChI=1S/C23H36O9/c1-6-16(4)22(28)32-21-19(26)18(13-30-17(5)25)31-23(20(21)27)29-11-10-14(2)8-7-9-15(3)12-24/h6,9,18-21,23-24,26-27H,2,7-8,10-13H2,1,3-5H3. The van der Waals surface area contributed by atoms with Gasteiger partial charge in [-0.1, -0.05) is 29.9 Å². The lowest BCUT2D eigenvalue weighted by molar-refractivity contribution is -0.303. The lowest BCUT2D eigenvalue weighted by atomic mass is 9.98. The summed E-state index contributed by atoms with van der Waals surface area (Å²) in [6.45, 7) is 10.2. The van der Waals surface area contributed by atoms with Crippen molar-refractivity contribution in [2.24, 2.45) is 0 Å². The molecule has 1 aliphatic heterocycles. The van der Waals surface area contributed by atoms with Crippen LogP contribution in [0.1, 0.15) is 47.0 Å². The van der Waals surface area contributed by atoms with Gasteiger partial charge in [-0.05, 0) is 40.0 Å². The minimum atomic E-state index is -1.45. The molecule has 0 spiro atoms. The van der Waals surface area contributed by atoms with Gasteiger partial charge >= 0.3 is 11.9 Å². The van der Waals surface area contributed by atoms with E-state index in [2.05, 4.69) is 6.58 Å². The summed E-state index contributed by atoms with van der Waals surface area (Å²) in [5.74, 6) is -1.26. The number of aliphatic hydroxyl groups excluding tert-OH is 3. The molecule has 5 atom stereocenters. The monoisotopic (exact) mass is 456 g/mol. The summed E-state index contributed by atoms with van der Waals surface area (Å²) < 4.78 is 21.5. The van der Waals surface area contributed by atoms with Gasteiger partial charge in [-0.3, -0.25) is 4.79 Å². The maximum absolute atomic E-state index is 12.2. The highest BCUT2D eigenvalue weighted by molar-refractivity contribution is 5.87. The molecule has 5 unspecified atom stereocenters. The normalized spacial score (nSPS) is 26.5. The molecule has 1 fully saturated rings. The molecule has 0 amide bonds. The molecular weight excluding hydrogens is 420 g/mol. The zero-order valence-electron chi connectivity index (χ0n) is 19.3. The number of carbonyl (C=O) groups is 2. The quantitative estimate of drug-likeness (QED) is 0.227. The number of esters is 2. The number of hydrogen-bond donors (Lipinski definition) is 3. The van der Waals surface area contributed by atoms with Crippen LogP contribution >= 0.6 is 0 Å². The average molecular weight is 457 g/mol. The number of ether oxygens (including phenoxy) is 4. The molecule has 182 valence electrons. The Labute approximate surface area is 189 Å². The SMILES string of the molecule is C=C(CCC=C(C)CO)CCOC1OC(COC(C)=O)C(O)C(OC(=O)C(C)=CC)C1O. The molecule has 3 N–H and O–H groups in total. The predicted octanol–water partition coefficient (Wildman–Crippen LogP) is 1.56. The third-order valence-electron chi connectivity index (χ3n) is 5.07. The minimum Gasteiger partial charge on any atom is -0.463 e. The fourth-order valence-corrected chi connectivity index (χ4v) is 2.88. The number of rotatable bonds is 12. The lowest BCUT2D eigenvalue weighted by Gasteiger charge is -2.41. The van der Waals surface area contributed by atoms with Crippen LogP contribution in [0.4, 0.5) is 0 Å². The summed E-state index contributed by atoms with van der Waals surface area (Å²) in [5.41, 5.74) is 2.12. The zero-order valence-corrected chi connectivity index (χ0v) is 19.3. The van der Waals surface area contributed by atoms with E-state index in [1.807, 2.05) is 13.0 Å². The van der Waals surface area contributed by atoms with E-state index >= 15 is 0 Å². The van der Waals surface area contributed by atoms with Crippen molar-refractivity contribution in [3.63, 3.8) is 0 Å². The minimum absolute atomic E-state index is 0.0200. The molecule has 32 heavy (non-hydrogen) atoms. The molecule has 0 aromatic carbocycles. The Balaban J connectivity index is 2.75. The van der Waals surface area contributed by atoms with Crippen LogP contribution < -0.4 is 0 Å². The van der Waals surface area contributed by atoms with E-state index in [9.17, 15) is 19.8 Å². The molecule has 1 rings (SSSR count). The molecule has 0 aliphatic carbocycles. The van der Waals surface area contributed by atoms with Gasteiger partial charge < -0.3 is 34.3 Å². The van der Waals surface area contributed by atoms with E-state index in [1.165, 1.54) is 6.92 Å². The average Bonchev–Trinajstić information content (AvgIpc) is 2.76. The van der Waals surface area contributed by atoms with E-state index in [0.29, 0.717) is 18.4 Å². The fraction of sp³-hybridized carbons (Fsp3) is 0.652. The lowest BCUT2D eigenvalue weighted by Crippen LogP contribution is -2.60. The van der Waals surface area contributed by atoms with E-state index in [4.69, 9.17) is 24.1 Å². The Kier molecular flexibility index (Phi) is 12.4. The third-order valence-corrected chi connectivity index (χ3v) is 5.07. The Hall–Kier alpha value is -2.04. The van der Waals surface area contributed by atoms with Crippen LogP contribution in [0.25, 0.3) is 0 Å². The van der Waals surface area contributed by atoms with Crippen LogP contribution in [0.5, 0.6) is 0 Å². The third kappa shape index (κ3) is 9.22. The summed E-state index contributed by atoms with van der Waals surface area (Å²) in [4.78, 5) is 23.3. The van der Waals surface area contributed by atoms with Crippen molar-refractivity contribution in [3.8, 4) is 0 Å². The largest absolute Gasteiger partial charge is 0.463 e.